The number of nitriles is 1. The molecule has 0 bridgehead atoms. The Hall–Kier alpha value is -3.25. The van der Waals surface area contributed by atoms with E-state index in [1.54, 1.807) is 31.2 Å². The second kappa shape index (κ2) is 7.64. The molecule has 0 radical (unpaired) electrons. The number of halogens is 1. The van der Waals surface area contributed by atoms with E-state index in [4.69, 9.17) is 10.00 Å². The van der Waals surface area contributed by atoms with Crippen LogP contribution in [0, 0.1) is 18.3 Å². The van der Waals surface area contributed by atoms with Gasteiger partial charge in [-0.25, -0.2) is 9.67 Å². The number of ether oxygens (including phenoxy) is 1. The number of hydrogen-bond donors (Lipinski definition) is 1. The maximum atomic E-state index is 12.8. The van der Waals surface area contributed by atoms with E-state index in [1.807, 2.05) is 6.07 Å². The summed E-state index contributed by atoms with van der Waals surface area (Å²) in [7, 11) is 0. The third-order valence-electron chi connectivity index (χ3n) is 4.45. The molecule has 29 heavy (non-hydrogen) atoms. The highest BCUT2D eigenvalue weighted by Gasteiger charge is 2.26. The molecule has 0 atom stereocenters. The predicted octanol–water partition coefficient (Wildman–Crippen LogP) is 2.91. The molecule has 8 nitrogen and oxygen atoms in total. The van der Waals surface area contributed by atoms with Gasteiger partial charge in [0.25, 0.3) is 5.56 Å². The van der Waals surface area contributed by atoms with Crippen molar-refractivity contribution in [3.63, 3.8) is 0 Å². The monoisotopic (exact) mass is 453 g/mol. The fourth-order valence-electron chi connectivity index (χ4n) is 2.84. The number of aryl methyl sites for hydroxylation is 1. The predicted molar refractivity (Wildman–Crippen MR) is 110 cm³/mol. The Bertz CT molecular complexity index is 1230. The summed E-state index contributed by atoms with van der Waals surface area (Å²) in [5.41, 5.74) is 0.676. The number of fused-ring (bicyclic) bond motifs is 1. The molecule has 1 aliphatic rings. The van der Waals surface area contributed by atoms with Gasteiger partial charge in [-0.2, -0.15) is 5.26 Å². The number of amides is 1. The average Bonchev–Trinajstić information content (AvgIpc) is 3.51. The van der Waals surface area contributed by atoms with E-state index in [0.717, 1.165) is 22.0 Å². The molecule has 2 heterocycles. The van der Waals surface area contributed by atoms with Crippen LogP contribution in [-0.4, -0.2) is 26.8 Å². The lowest BCUT2D eigenvalue weighted by Crippen LogP contribution is -2.30. The summed E-state index contributed by atoms with van der Waals surface area (Å²) in [6.45, 7) is 1.45. The second-order valence-electron chi connectivity index (χ2n) is 6.82. The van der Waals surface area contributed by atoms with Crippen molar-refractivity contribution < 1.29 is 9.53 Å². The van der Waals surface area contributed by atoms with Gasteiger partial charge in [0.1, 0.15) is 24.5 Å². The van der Waals surface area contributed by atoms with E-state index in [9.17, 15) is 9.59 Å². The minimum Gasteiger partial charge on any atom is -0.473 e. The maximum Gasteiger partial charge on any atom is 0.275 e. The van der Waals surface area contributed by atoms with Crippen LogP contribution in [0.4, 0.5) is 5.82 Å². The first kappa shape index (κ1) is 19.1. The fourth-order valence-corrected chi connectivity index (χ4v) is 3.20. The van der Waals surface area contributed by atoms with Crippen LogP contribution in [0.1, 0.15) is 24.0 Å². The minimum atomic E-state index is -0.450. The van der Waals surface area contributed by atoms with Gasteiger partial charge in [0.15, 0.2) is 0 Å². The Morgan fingerprint density at radius 2 is 2.17 bits per heavy atom. The minimum absolute atomic E-state index is 0.0926. The SMILES string of the molecule is Cc1cc(C#N)cnc1NC(=O)Cn1nc(OC2CC2)c2cc(Br)ccc2c1=O. The number of benzene rings is 1. The molecular weight excluding hydrogens is 438 g/mol. The highest BCUT2D eigenvalue weighted by Crippen LogP contribution is 2.30. The van der Waals surface area contributed by atoms with E-state index in [1.165, 1.54) is 6.20 Å². The lowest BCUT2D eigenvalue weighted by Gasteiger charge is -2.12. The van der Waals surface area contributed by atoms with Gasteiger partial charge in [-0.3, -0.25) is 9.59 Å². The van der Waals surface area contributed by atoms with Crippen LogP contribution in [0.15, 0.2) is 39.7 Å². The van der Waals surface area contributed by atoms with Gasteiger partial charge in [-0.05, 0) is 49.6 Å². The van der Waals surface area contributed by atoms with Crippen molar-refractivity contribution >= 4 is 38.4 Å². The van der Waals surface area contributed by atoms with Crippen molar-refractivity contribution in [2.45, 2.75) is 32.4 Å². The molecule has 1 fully saturated rings. The fraction of sp³-hybridized carbons (Fsp3) is 0.250. The summed E-state index contributed by atoms with van der Waals surface area (Å²) in [5.74, 6) is 0.221. The number of carbonyl (C=O) groups excluding carboxylic acids is 1. The topological polar surface area (TPSA) is 110 Å². The summed E-state index contributed by atoms with van der Waals surface area (Å²) in [5, 5.41) is 16.9. The Labute approximate surface area is 174 Å². The van der Waals surface area contributed by atoms with Crippen molar-refractivity contribution in [3.05, 3.63) is 56.4 Å². The number of nitrogens with one attached hydrogen (secondary N) is 1. The zero-order valence-corrected chi connectivity index (χ0v) is 17.1. The van der Waals surface area contributed by atoms with E-state index >= 15 is 0 Å². The average molecular weight is 454 g/mol. The number of carbonyl (C=O) groups is 1. The lowest BCUT2D eigenvalue weighted by molar-refractivity contribution is -0.117. The lowest BCUT2D eigenvalue weighted by atomic mass is 10.2. The van der Waals surface area contributed by atoms with Gasteiger partial charge in [0.05, 0.1) is 16.3 Å². The van der Waals surface area contributed by atoms with Crippen LogP contribution in [0.5, 0.6) is 5.88 Å². The Morgan fingerprint density at radius 1 is 1.38 bits per heavy atom. The zero-order valence-electron chi connectivity index (χ0n) is 15.5. The van der Waals surface area contributed by atoms with E-state index in [2.05, 4.69) is 31.3 Å². The molecule has 9 heteroatoms. The summed E-state index contributed by atoms with van der Waals surface area (Å²) < 4.78 is 7.78. The molecule has 2 aromatic heterocycles. The van der Waals surface area contributed by atoms with E-state index < -0.39 is 5.91 Å². The molecule has 0 unspecified atom stereocenters. The van der Waals surface area contributed by atoms with Crippen LogP contribution < -0.4 is 15.6 Å². The highest BCUT2D eigenvalue weighted by atomic mass is 79.9. The van der Waals surface area contributed by atoms with E-state index in [-0.39, 0.29) is 18.2 Å². The molecular formula is C20H16BrN5O3. The van der Waals surface area contributed by atoms with Gasteiger partial charge in [-0.15, -0.1) is 5.10 Å². The molecule has 1 aliphatic carbocycles. The molecule has 146 valence electrons. The first-order valence-electron chi connectivity index (χ1n) is 8.98. The Kier molecular flexibility index (Phi) is 5.03. The van der Waals surface area contributed by atoms with Crippen molar-refractivity contribution in [1.29, 1.82) is 5.26 Å². The summed E-state index contributed by atoms with van der Waals surface area (Å²) in [4.78, 5) is 29.4. The molecule has 1 amide bonds. The molecule has 4 rings (SSSR count). The smallest absolute Gasteiger partial charge is 0.275 e. The number of pyridine rings is 1. The molecule has 0 saturated heterocycles. The van der Waals surface area contributed by atoms with Gasteiger partial charge < -0.3 is 10.1 Å². The molecule has 1 aromatic carbocycles. The van der Waals surface area contributed by atoms with E-state index in [0.29, 0.717) is 33.6 Å². The number of aromatic nitrogens is 3. The number of anilines is 1. The molecule has 0 aliphatic heterocycles. The van der Waals surface area contributed by atoms with Gasteiger partial charge >= 0.3 is 0 Å². The third-order valence-corrected chi connectivity index (χ3v) is 4.94. The number of nitrogens with zero attached hydrogens (tertiary/aromatic N) is 4. The number of rotatable bonds is 5. The van der Waals surface area contributed by atoms with Crippen molar-refractivity contribution in [1.82, 2.24) is 14.8 Å². The highest BCUT2D eigenvalue weighted by molar-refractivity contribution is 9.10. The van der Waals surface area contributed by atoms with Crippen molar-refractivity contribution in [2.24, 2.45) is 0 Å². The van der Waals surface area contributed by atoms with Gasteiger partial charge in [-0.1, -0.05) is 15.9 Å². The maximum absolute atomic E-state index is 12.8. The largest absolute Gasteiger partial charge is 0.473 e. The standard InChI is InChI=1S/C20H16BrN5O3/c1-11-6-12(8-22)9-23-18(11)24-17(27)10-26-20(28)15-5-2-13(21)7-16(15)19(25-26)29-14-3-4-14/h2,5-7,9,14H,3-4,10H2,1H3,(H,23,24,27). The first-order valence-corrected chi connectivity index (χ1v) is 9.77. The summed E-state index contributed by atoms with van der Waals surface area (Å²) >= 11 is 3.40. The Balaban J connectivity index is 1.64. The van der Waals surface area contributed by atoms with Crippen LogP contribution >= 0.6 is 15.9 Å². The molecule has 3 aromatic rings. The Morgan fingerprint density at radius 3 is 2.86 bits per heavy atom. The van der Waals surface area contributed by atoms with Gasteiger partial charge in [0.2, 0.25) is 11.8 Å². The van der Waals surface area contributed by atoms with Gasteiger partial charge in [0, 0.05) is 10.7 Å². The van der Waals surface area contributed by atoms with Crippen molar-refractivity contribution in [2.75, 3.05) is 5.32 Å². The van der Waals surface area contributed by atoms with Crippen molar-refractivity contribution in [3.8, 4) is 11.9 Å². The first-order chi connectivity index (χ1) is 13.9. The summed E-state index contributed by atoms with van der Waals surface area (Å²) in [6.07, 6.45) is 3.36. The van der Waals surface area contributed by atoms with Crippen LogP contribution in [-0.2, 0) is 11.3 Å². The van der Waals surface area contributed by atoms with Crippen LogP contribution in [0.25, 0.3) is 10.8 Å². The normalized spacial score (nSPS) is 13.1. The molecule has 1 saturated carbocycles. The quantitative estimate of drug-likeness (QED) is 0.635. The summed E-state index contributed by atoms with van der Waals surface area (Å²) in [6, 6.07) is 8.86. The number of hydrogen-bond acceptors (Lipinski definition) is 6. The third kappa shape index (κ3) is 4.12. The zero-order chi connectivity index (χ0) is 20.5. The molecule has 1 N–H and O–H groups in total. The van der Waals surface area contributed by atoms with Crippen LogP contribution in [0.3, 0.4) is 0 Å². The van der Waals surface area contributed by atoms with Crippen LogP contribution in [0.2, 0.25) is 0 Å². The molecule has 0 spiro atoms. The second-order valence-corrected chi connectivity index (χ2v) is 7.74.